The van der Waals surface area contributed by atoms with Gasteiger partial charge in [-0.1, -0.05) is 6.07 Å². The monoisotopic (exact) mass is 435 g/mol. The smallest absolute Gasteiger partial charge is 0.253 e. The zero-order chi connectivity index (χ0) is 22.5. The van der Waals surface area contributed by atoms with E-state index < -0.39 is 0 Å². The van der Waals surface area contributed by atoms with Crippen LogP contribution in [0.5, 0.6) is 5.75 Å². The highest BCUT2D eigenvalue weighted by atomic mass is 16.5. The Morgan fingerprint density at radius 3 is 2.53 bits per heavy atom. The third-order valence-corrected chi connectivity index (χ3v) is 6.61. The molecule has 2 aliphatic rings. The first-order chi connectivity index (χ1) is 15.5. The number of amides is 2. The molecule has 0 saturated carbocycles. The minimum atomic E-state index is 0.0857. The van der Waals surface area contributed by atoms with E-state index in [9.17, 15) is 9.59 Å². The fourth-order valence-electron chi connectivity index (χ4n) is 4.81. The number of rotatable bonds is 6. The second-order valence-corrected chi connectivity index (χ2v) is 9.12. The first-order valence-electron chi connectivity index (χ1n) is 11.7. The number of ether oxygens (including phenoxy) is 1. The number of benzene rings is 1. The summed E-state index contributed by atoms with van der Waals surface area (Å²) < 4.78 is 6.03. The molecule has 6 heteroatoms. The molecule has 0 unspecified atom stereocenters. The average molecular weight is 436 g/mol. The molecule has 0 radical (unpaired) electrons. The maximum atomic E-state index is 13.2. The summed E-state index contributed by atoms with van der Waals surface area (Å²) in [6, 6.07) is 7.76. The minimum absolute atomic E-state index is 0.0857. The number of aromatic nitrogens is 1. The third-order valence-electron chi connectivity index (χ3n) is 6.61. The Morgan fingerprint density at radius 1 is 1.12 bits per heavy atom. The van der Waals surface area contributed by atoms with Gasteiger partial charge in [-0.2, -0.15) is 0 Å². The summed E-state index contributed by atoms with van der Waals surface area (Å²) in [5, 5.41) is 0. The number of piperidine rings is 2. The van der Waals surface area contributed by atoms with E-state index in [0.29, 0.717) is 24.9 Å². The number of likely N-dealkylation sites (tertiary alicyclic amines) is 2. The van der Waals surface area contributed by atoms with E-state index in [1.54, 1.807) is 12.4 Å². The predicted molar refractivity (Wildman–Crippen MR) is 124 cm³/mol. The third kappa shape index (κ3) is 5.29. The van der Waals surface area contributed by atoms with Crippen molar-refractivity contribution in [3.05, 3.63) is 58.9 Å². The highest BCUT2D eigenvalue weighted by Gasteiger charge is 2.27. The van der Waals surface area contributed by atoms with Gasteiger partial charge < -0.3 is 14.5 Å². The van der Waals surface area contributed by atoms with E-state index in [0.717, 1.165) is 79.9 Å². The molecule has 4 rings (SSSR count). The van der Waals surface area contributed by atoms with E-state index in [-0.39, 0.29) is 5.91 Å². The molecule has 2 amide bonds. The largest absolute Gasteiger partial charge is 0.488 e. The molecule has 1 aromatic carbocycles. The highest BCUT2D eigenvalue weighted by molar-refractivity contribution is 5.95. The number of carbonyl (C=O) groups is 2. The lowest BCUT2D eigenvalue weighted by Crippen LogP contribution is -2.44. The number of pyridine rings is 1. The zero-order valence-electron chi connectivity index (χ0n) is 19.2. The minimum Gasteiger partial charge on any atom is -0.488 e. The summed E-state index contributed by atoms with van der Waals surface area (Å²) >= 11 is 0. The first-order valence-corrected chi connectivity index (χ1v) is 11.7. The summed E-state index contributed by atoms with van der Waals surface area (Å²) in [5.41, 5.74) is 3.67. The van der Waals surface area contributed by atoms with Crippen LogP contribution in [-0.4, -0.2) is 52.8 Å². The van der Waals surface area contributed by atoms with E-state index >= 15 is 0 Å². The van der Waals surface area contributed by atoms with Crippen molar-refractivity contribution in [2.45, 2.75) is 52.6 Å². The number of hydrogen-bond donors (Lipinski definition) is 0. The SMILES string of the molecule is Cc1cc(C(=O)N2CCC(CN3CCCCC3=O)CC2)cc(C)c1OCc1cccnc1. The predicted octanol–water partition coefficient (Wildman–Crippen LogP) is 4.14. The van der Waals surface area contributed by atoms with Crippen molar-refractivity contribution in [1.29, 1.82) is 0 Å². The quantitative estimate of drug-likeness (QED) is 0.684. The molecular weight excluding hydrogens is 402 g/mol. The van der Waals surface area contributed by atoms with Crippen molar-refractivity contribution in [3.8, 4) is 5.75 Å². The van der Waals surface area contributed by atoms with E-state index in [2.05, 4.69) is 4.98 Å². The first kappa shape index (κ1) is 22.3. The molecule has 2 saturated heterocycles. The van der Waals surface area contributed by atoms with Crippen molar-refractivity contribution in [2.24, 2.45) is 5.92 Å². The Hall–Kier alpha value is -2.89. The number of nitrogens with zero attached hydrogens (tertiary/aromatic N) is 3. The van der Waals surface area contributed by atoms with E-state index in [1.165, 1.54) is 0 Å². The summed E-state index contributed by atoms with van der Waals surface area (Å²) in [6.07, 6.45) is 8.29. The number of hydrogen-bond acceptors (Lipinski definition) is 4. The van der Waals surface area contributed by atoms with Gasteiger partial charge in [-0.15, -0.1) is 0 Å². The van der Waals surface area contributed by atoms with Crippen molar-refractivity contribution >= 4 is 11.8 Å². The lowest BCUT2D eigenvalue weighted by atomic mass is 9.94. The Labute approximate surface area is 190 Å². The molecule has 2 aliphatic heterocycles. The Kier molecular flexibility index (Phi) is 7.08. The van der Waals surface area contributed by atoms with Crippen LogP contribution in [0.1, 0.15) is 59.2 Å². The van der Waals surface area contributed by atoms with Gasteiger partial charge in [0.2, 0.25) is 5.91 Å². The van der Waals surface area contributed by atoms with Gasteiger partial charge >= 0.3 is 0 Å². The summed E-state index contributed by atoms with van der Waals surface area (Å²) in [5.74, 6) is 1.71. The van der Waals surface area contributed by atoms with Gasteiger partial charge in [0, 0.05) is 56.1 Å². The average Bonchev–Trinajstić information content (AvgIpc) is 2.80. The molecule has 3 heterocycles. The molecule has 32 heavy (non-hydrogen) atoms. The Bertz CT molecular complexity index is 929. The molecule has 2 aromatic rings. The van der Waals surface area contributed by atoms with Crippen molar-refractivity contribution in [2.75, 3.05) is 26.2 Å². The molecule has 0 spiro atoms. The van der Waals surface area contributed by atoms with Crippen LogP contribution in [0.2, 0.25) is 0 Å². The van der Waals surface area contributed by atoms with Gasteiger partial charge in [0.25, 0.3) is 5.91 Å². The Morgan fingerprint density at radius 2 is 1.88 bits per heavy atom. The molecule has 0 aliphatic carbocycles. The van der Waals surface area contributed by atoms with Crippen LogP contribution in [-0.2, 0) is 11.4 Å². The maximum absolute atomic E-state index is 13.2. The fourth-order valence-corrected chi connectivity index (χ4v) is 4.81. The summed E-state index contributed by atoms with van der Waals surface area (Å²) in [7, 11) is 0. The molecular formula is C26H33N3O3. The molecule has 0 bridgehead atoms. The van der Waals surface area contributed by atoms with Crippen molar-refractivity contribution in [1.82, 2.24) is 14.8 Å². The normalized spacial score (nSPS) is 17.5. The maximum Gasteiger partial charge on any atom is 0.253 e. The molecule has 0 N–H and O–H groups in total. The standard InChI is InChI=1S/C26H33N3O3/c1-19-14-23(15-20(2)25(19)32-18-22-6-5-10-27-16-22)26(31)28-12-8-21(9-13-28)17-29-11-4-3-7-24(29)30/h5-6,10,14-16,21H,3-4,7-9,11-13,17-18H2,1-2H3. The van der Waals surface area contributed by atoms with Gasteiger partial charge in [0.05, 0.1) is 0 Å². The van der Waals surface area contributed by atoms with Gasteiger partial charge in [0.15, 0.2) is 0 Å². The van der Waals surface area contributed by atoms with Crippen molar-refractivity contribution < 1.29 is 14.3 Å². The van der Waals surface area contributed by atoms with E-state index in [4.69, 9.17) is 4.74 Å². The van der Waals surface area contributed by atoms with Crippen LogP contribution < -0.4 is 4.74 Å². The Balaban J connectivity index is 1.33. The zero-order valence-corrected chi connectivity index (χ0v) is 19.2. The molecule has 170 valence electrons. The second-order valence-electron chi connectivity index (χ2n) is 9.12. The lowest BCUT2D eigenvalue weighted by molar-refractivity contribution is -0.134. The highest BCUT2D eigenvalue weighted by Crippen LogP contribution is 2.28. The van der Waals surface area contributed by atoms with E-state index in [1.807, 2.05) is 47.9 Å². The molecule has 2 fully saturated rings. The van der Waals surface area contributed by atoms with Crippen LogP contribution in [0, 0.1) is 19.8 Å². The van der Waals surface area contributed by atoms with Crippen LogP contribution in [0.4, 0.5) is 0 Å². The number of carbonyl (C=O) groups excluding carboxylic acids is 2. The fraction of sp³-hybridized carbons (Fsp3) is 0.500. The van der Waals surface area contributed by atoms with Gasteiger partial charge in [-0.3, -0.25) is 14.6 Å². The van der Waals surface area contributed by atoms with Gasteiger partial charge in [-0.05, 0) is 74.8 Å². The van der Waals surface area contributed by atoms with Crippen LogP contribution in [0.3, 0.4) is 0 Å². The second kappa shape index (κ2) is 10.2. The summed E-state index contributed by atoms with van der Waals surface area (Å²) in [4.78, 5) is 33.4. The molecule has 0 atom stereocenters. The molecule has 1 aromatic heterocycles. The van der Waals surface area contributed by atoms with Crippen LogP contribution in [0.25, 0.3) is 0 Å². The van der Waals surface area contributed by atoms with Gasteiger partial charge in [0.1, 0.15) is 12.4 Å². The van der Waals surface area contributed by atoms with Crippen LogP contribution in [0.15, 0.2) is 36.7 Å². The van der Waals surface area contributed by atoms with Gasteiger partial charge in [-0.25, -0.2) is 0 Å². The topological polar surface area (TPSA) is 62.7 Å². The number of aryl methyl sites for hydroxylation is 2. The molecule has 6 nitrogen and oxygen atoms in total. The lowest BCUT2D eigenvalue weighted by Gasteiger charge is -2.36. The summed E-state index contributed by atoms with van der Waals surface area (Å²) in [6.45, 7) is 7.68. The van der Waals surface area contributed by atoms with Crippen LogP contribution >= 0.6 is 0 Å². The van der Waals surface area contributed by atoms with Crippen molar-refractivity contribution in [3.63, 3.8) is 0 Å².